The Morgan fingerprint density at radius 2 is 2.09 bits per heavy atom. The Hall–Kier alpha value is -2.77. The van der Waals surface area contributed by atoms with Gasteiger partial charge in [-0.15, -0.1) is 0 Å². The summed E-state index contributed by atoms with van der Waals surface area (Å²) in [7, 11) is 0. The fourth-order valence-electron chi connectivity index (χ4n) is 1.80. The lowest BCUT2D eigenvalue weighted by molar-refractivity contribution is -0.123. The molecule has 23 heavy (non-hydrogen) atoms. The van der Waals surface area contributed by atoms with E-state index in [1.807, 2.05) is 0 Å². The van der Waals surface area contributed by atoms with E-state index >= 15 is 0 Å². The fraction of sp³-hybridized carbons (Fsp3) is 0.267. The number of benzene rings is 1. The molecule has 1 heterocycles. The maximum absolute atomic E-state index is 13.3. The first-order chi connectivity index (χ1) is 11.0. The van der Waals surface area contributed by atoms with Crippen molar-refractivity contribution in [3.63, 3.8) is 0 Å². The van der Waals surface area contributed by atoms with Gasteiger partial charge in [0.25, 0.3) is 11.5 Å². The number of hydrogen-bond donors (Lipinski definition) is 1. The van der Waals surface area contributed by atoms with E-state index in [0.717, 1.165) is 12.1 Å². The molecular formula is C15H15F2N3O3. The second kappa shape index (κ2) is 7.48. The van der Waals surface area contributed by atoms with Crippen LogP contribution in [0, 0.1) is 18.6 Å². The van der Waals surface area contributed by atoms with Gasteiger partial charge in [-0.05, 0) is 25.1 Å². The molecule has 1 N–H and O–H groups in total. The van der Waals surface area contributed by atoms with Crippen molar-refractivity contribution >= 4 is 5.91 Å². The van der Waals surface area contributed by atoms with Crippen LogP contribution < -0.4 is 15.6 Å². The molecule has 0 saturated heterocycles. The van der Waals surface area contributed by atoms with Gasteiger partial charge in [-0.2, -0.15) is 5.10 Å². The number of hydrogen-bond acceptors (Lipinski definition) is 4. The monoisotopic (exact) mass is 323 g/mol. The molecule has 8 heteroatoms. The zero-order chi connectivity index (χ0) is 16.8. The minimum absolute atomic E-state index is 0.171. The summed E-state index contributed by atoms with van der Waals surface area (Å²) in [6.07, 6.45) is 0. The highest BCUT2D eigenvalue weighted by Crippen LogP contribution is 2.17. The van der Waals surface area contributed by atoms with Crippen molar-refractivity contribution in [1.82, 2.24) is 15.1 Å². The predicted molar refractivity (Wildman–Crippen MR) is 78.1 cm³/mol. The molecule has 0 bridgehead atoms. The molecule has 1 aromatic heterocycles. The standard InChI is InChI=1S/C15H15F2N3O3/c1-10-2-5-15(22)20(19-10)7-6-18-14(21)9-23-13-4-3-11(16)8-12(13)17/h2-5,8H,6-7,9H2,1H3,(H,18,21). The third-order valence-electron chi connectivity index (χ3n) is 2.90. The number of nitrogens with zero attached hydrogens (tertiary/aromatic N) is 2. The Morgan fingerprint density at radius 3 is 2.83 bits per heavy atom. The molecule has 0 radical (unpaired) electrons. The van der Waals surface area contributed by atoms with Crippen molar-refractivity contribution in [2.24, 2.45) is 0 Å². The van der Waals surface area contributed by atoms with Gasteiger partial charge in [-0.25, -0.2) is 13.5 Å². The number of aromatic nitrogens is 2. The molecule has 0 aliphatic heterocycles. The largest absolute Gasteiger partial charge is 0.481 e. The van der Waals surface area contributed by atoms with E-state index in [9.17, 15) is 18.4 Å². The van der Waals surface area contributed by atoms with Gasteiger partial charge in [0.2, 0.25) is 0 Å². The predicted octanol–water partition coefficient (Wildman–Crippen LogP) is 1.03. The Morgan fingerprint density at radius 1 is 1.30 bits per heavy atom. The molecule has 2 aromatic rings. The average molecular weight is 323 g/mol. The second-order valence-corrected chi connectivity index (χ2v) is 4.75. The van der Waals surface area contributed by atoms with Gasteiger partial charge in [0.15, 0.2) is 18.2 Å². The maximum Gasteiger partial charge on any atom is 0.266 e. The summed E-state index contributed by atoms with van der Waals surface area (Å²) in [5.74, 6) is -2.31. The minimum Gasteiger partial charge on any atom is -0.481 e. The first kappa shape index (κ1) is 16.6. The van der Waals surface area contributed by atoms with Crippen LogP contribution in [0.4, 0.5) is 8.78 Å². The highest BCUT2D eigenvalue weighted by atomic mass is 19.1. The Balaban J connectivity index is 1.79. The Bertz CT molecular complexity index is 762. The summed E-state index contributed by atoms with van der Waals surface area (Å²) in [5, 5.41) is 6.54. The molecule has 6 nitrogen and oxygen atoms in total. The van der Waals surface area contributed by atoms with Crippen molar-refractivity contribution in [2.75, 3.05) is 13.2 Å². The van der Waals surface area contributed by atoms with Crippen LogP contribution in [0.3, 0.4) is 0 Å². The molecule has 1 amide bonds. The number of rotatable bonds is 6. The van der Waals surface area contributed by atoms with Crippen LogP contribution in [-0.4, -0.2) is 28.8 Å². The van der Waals surface area contributed by atoms with E-state index in [1.165, 1.54) is 10.7 Å². The summed E-state index contributed by atoms with van der Waals surface area (Å²) in [5.41, 5.74) is 0.417. The molecular weight excluding hydrogens is 308 g/mol. The highest BCUT2D eigenvalue weighted by molar-refractivity contribution is 5.77. The van der Waals surface area contributed by atoms with Crippen LogP contribution >= 0.6 is 0 Å². The summed E-state index contributed by atoms with van der Waals surface area (Å²) in [4.78, 5) is 23.1. The first-order valence-corrected chi connectivity index (χ1v) is 6.85. The van der Waals surface area contributed by atoms with Crippen LogP contribution in [0.15, 0.2) is 35.1 Å². The zero-order valence-electron chi connectivity index (χ0n) is 12.4. The van der Waals surface area contributed by atoms with Gasteiger partial charge in [-0.1, -0.05) is 0 Å². The van der Waals surface area contributed by atoms with E-state index in [0.29, 0.717) is 11.8 Å². The van der Waals surface area contributed by atoms with Crippen molar-refractivity contribution in [1.29, 1.82) is 0 Å². The number of nitrogens with one attached hydrogen (secondary N) is 1. The molecule has 122 valence electrons. The lowest BCUT2D eigenvalue weighted by Gasteiger charge is -2.09. The summed E-state index contributed by atoms with van der Waals surface area (Å²) < 4.78 is 32.2. The second-order valence-electron chi connectivity index (χ2n) is 4.75. The number of carbonyl (C=O) groups is 1. The van der Waals surface area contributed by atoms with Crippen molar-refractivity contribution in [3.05, 3.63) is 58.0 Å². The average Bonchev–Trinajstić information content (AvgIpc) is 2.50. The van der Waals surface area contributed by atoms with E-state index in [-0.39, 0.29) is 24.4 Å². The Labute approximate surface area is 130 Å². The molecule has 0 atom stereocenters. The van der Waals surface area contributed by atoms with Gasteiger partial charge >= 0.3 is 0 Å². The Kier molecular flexibility index (Phi) is 5.40. The lowest BCUT2D eigenvalue weighted by atomic mass is 10.3. The first-order valence-electron chi connectivity index (χ1n) is 6.85. The quantitative estimate of drug-likeness (QED) is 0.861. The SMILES string of the molecule is Cc1ccc(=O)n(CCNC(=O)COc2ccc(F)cc2F)n1. The number of ether oxygens (including phenoxy) is 1. The van der Waals surface area contributed by atoms with Crippen LogP contribution in [0.1, 0.15) is 5.69 Å². The molecule has 0 spiro atoms. The third kappa shape index (κ3) is 4.87. The molecule has 2 rings (SSSR count). The van der Waals surface area contributed by atoms with E-state index in [2.05, 4.69) is 10.4 Å². The van der Waals surface area contributed by atoms with Gasteiger partial charge in [0.05, 0.1) is 12.2 Å². The summed E-state index contributed by atoms with van der Waals surface area (Å²) in [6, 6.07) is 5.80. The smallest absolute Gasteiger partial charge is 0.266 e. The van der Waals surface area contributed by atoms with Crippen molar-refractivity contribution < 1.29 is 18.3 Å². The molecule has 0 aliphatic carbocycles. The molecule has 0 unspecified atom stereocenters. The number of halogens is 2. The maximum atomic E-state index is 13.3. The van der Waals surface area contributed by atoms with Crippen LogP contribution in [-0.2, 0) is 11.3 Å². The molecule has 0 saturated carbocycles. The molecule has 0 fully saturated rings. The van der Waals surface area contributed by atoms with Gasteiger partial charge in [-0.3, -0.25) is 9.59 Å². The minimum atomic E-state index is -0.881. The van der Waals surface area contributed by atoms with Crippen LogP contribution in [0.2, 0.25) is 0 Å². The molecule has 1 aromatic carbocycles. The van der Waals surface area contributed by atoms with Crippen molar-refractivity contribution in [2.45, 2.75) is 13.5 Å². The van der Waals surface area contributed by atoms with Crippen LogP contribution in [0.25, 0.3) is 0 Å². The number of carbonyl (C=O) groups excluding carboxylic acids is 1. The van der Waals surface area contributed by atoms with Gasteiger partial charge in [0, 0.05) is 18.7 Å². The molecule has 0 aliphatic rings. The summed E-state index contributed by atoms with van der Waals surface area (Å²) in [6.45, 7) is 1.71. The van der Waals surface area contributed by atoms with E-state index in [4.69, 9.17) is 4.74 Å². The van der Waals surface area contributed by atoms with E-state index < -0.39 is 24.1 Å². The van der Waals surface area contributed by atoms with Crippen molar-refractivity contribution in [3.8, 4) is 5.75 Å². The van der Waals surface area contributed by atoms with Gasteiger partial charge < -0.3 is 10.1 Å². The number of amides is 1. The highest BCUT2D eigenvalue weighted by Gasteiger charge is 2.08. The third-order valence-corrected chi connectivity index (χ3v) is 2.90. The zero-order valence-corrected chi connectivity index (χ0v) is 12.4. The lowest BCUT2D eigenvalue weighted by Crippen LogP contribution is -2.34. The number of aryl methyl sites for hydroxylation is 1. The summed E-state index contributed by atoms with van der Waals surface area (Å²) >= 11 is 0. The van der Waals surface area contributed by atoms with E-state index in [1.54, 1.807) is 13.0 Å². The van der Waals surface area contributed by atoms with Gasteiger partial charge in [0.1, 0.15) is 5.82 Å². The topological polar surface area (TPSA) is 73.2 Å². The normalized spacial score (nSPS) is 10.4. The van der Waals surface area contributed by atoms with Crippen LogP contribution in [0.5, 0.6) is 5.75 Å². The fourth-order valence-corrected chi connectivity index (χ4v) is 1.80.